The van der Waals surface area contributed by atoms with Gasteiger partial charge in [0, 0.05) is 6.04 Å². The largest absolute Gasteiger partial charge is 0.507 e. The molecule has 0 fully saturated rings. The summed E-state index contributed by atoms with van der Waals surface area (Å²) >= 11 is 6.64. The zero-order chi connectivity index (χ0) is 15.6. The van der Waals surface area contributed by atoms with Crippen LogP contribution in [-0.2, 0) is 6.42 Å². The number of hydrogen-bond donors (Lipinski definition) is 2. The van der Waals surface area contributed by atoms with Crippen LogP contribution in [0.15, 0.2) is 30.3 Å². The maximum absolute atomic E-state index is 9.56. The summed E-state index contributed by atoms with van der Waals surface area (Å²) in [5.74, 6) is 1.82. The monoisotopic (exact) mass is 621 g/mol. The van der Waals surface area contributed by atoms with Crippen LogP contribution in [0.2, 0.25) is 0 Å². The number of phenolic OH excluding ortho intramolecular Hbond substituents is 1. The molecule has 0 aliphatic rings. The van der Waals surface area contributed by atoms with Crippen molar-refractivity contribution < 1.29 is 9.84 Å². The Bertz CT molecular complexity index is 636. The lowest BCUT2D eigenvalue weighted by atomic mass is 10.1. The number of aromatic hydroxyl groups is 1. The maximum atomic E-state index is 9.56. The second-order valence-electron chi connectivity index (χ2n) is 4.79. The van der Waals surface area contributed by atoms with Gasteiger partial charge >= 0.3 is 0 Å². The number of phenols is 1. The fourth-order valence-corrected chi connectivity index (χ4v) is 4.47. The second kappa shape index (κ2) is 7.64. The van der Waals surface area contributed by atoms with Crippen molar-refractivity contribution in [2.24, 2.45) is 5.73 Å². The van der Waals surface area contributed by atoms with Crippen molar-refractivity contribution in [2.75, 3.05) is 0 Å². The molecule has 112 valence electrons. The minimum atomic E-state index is 0.141. The molecule has 0 spiro atoms. The number of halogens is 3. The van der Waals surface area contributed by atoms with Gasteiger partial charge in [-0.15, -0.1) is 0 Å². The Kier molecular flexibility index (Phi) is 6.38. The molecule has 6 heteroatoms. The predicted molar refractivity (Wildman–Crippen MR) is 110 cm³/mol. The van der Waals surface area contributed by atoms with Crippen molar-refractivity contribution in [1.82, 2.24) is 0 Å². The van der Waals surface area contributed by atoms with Crippen molar-refractivity contribution in [3.8, 4) is 17.2 Å². The highest BCUT2D eigenvalue weighted by Gasteiger charge is 2.12. The van der Waals surface area contributed by atoms with Crippen LogP contribution in [0.5, 0.6) is 17.2 Å². The summed E-state index contributed by atoms with van der Waals surface area (Å²) in [5, 5.41) is 9.56. The van der Waals surface area contributed by atoms with Gasteiger partial charge < -0.3 is 15.6 Å². The van der Waals surface area contributed by atoms with Crippen molar-refractivity contribution in [1.29, 1.82) is 0 Å². The third-order valence-corrected chi connectivity index (χ3v) is 5.22. The Morgan fingerprint density at radius 3 is 2.24 bits per heavy atom. The zero-order valence-electron chi connectivity index (χ0n) is 11.2. The molecule has 3 N–H and O–H groups in total. The van der Waals surface area contributed by atoms with Crippen LogP contribution in [0, 0.1) is 10.7 Å². The molecule has 0 radical (unpaired) electrons. The minimum Gasteiger partial charge on any atom is -0.507 e. The van der Waals surface area contributed by atoms with E-state index in [0.29, 0.717) is 5.75 Å². The molecule has 0 saturated carbocycles. The molecule has 1 atom stereocenters. The summed E-state index contributed by atoms with van der Waals surface area (Å²) in [6.07, 6.45) is 0.851. The van der Waals surface area contributed by atoms with E-state index in [2.05, 4.69) is 79.9 Å². The molecule has 0 bridgehead atoms. The number of hydrogen-bond acceptors (Lipinski definition) is 3. The van der Waals surface area contributed by atoms with E-state index in [1.807, 2.05) is 13.0 Å². The van der Waals surface area contributed by atoms with Crippen LogP contribution in [-0.4, -0.2) is 11.1 Å². The van der Waals surface area contributed by atoms with Crippen LogP contribution in [0.4, 0.5) is 0 Å². The molecule has 0 aliphatic carbocycles. The van der Waals surface area contributed by atoms with E-state index in [-0.39, 0.29) is 11.8 Å². The summed E-state index contributed by atoms with van der Waals surface area (Å²) in [5.41, 5.74) is 7.07. The van der Waals surface area contributed by atoms with Gasteiger partial charge in [-0.25, -0.2) is 0 Å². The Balaban J connectivity index is 2.29. The SMILES string of the molecule is C[C@@H](N)Cc1cc(I)c(Oc2ccc(O)c(I)c2)c(I)c1. The summed E-state index contributed by atoms with van der Waals surface area (Å²) < 4.78 is 8.85. The maximum Gasteiger partial charge on any atom is 0.154 e. The van der Waals surface area contributed by atoms with E-state index in [0.717, 1.165) is 22.9 Å². The van der Waals surface area contributed by atoms with Crippen LogP contribution in [0.1, 0.15) is 12.5 Å². The minimum absolute atomic E-state index is 0.141. The summed E-state index contributed by atoms with van der Waals surface area (Å²) in [6.45, 7) is 2.00. The van der Waals surface area contributed by atoms with Gasteiger partial charge in [0.25, 0.3) is 0 Å². The highest BCUT2D eigenvalue weighted by atomic mass is 127. The highest BCUT2D eigenvalue weighted by molar-refractivity contribution is 14.1. The van der Waals surface area contributed by atoms with Gasteiger partial charge in [-0.05, 0) is 117 Å². The normalized spacial score (nSPS) is 12.2. The summed E-state index contributed by atoms with van der Waals surface area (Å²) in [4.78, 5) is 0. The van der Waals surface area contributed by atoms with E-state index >= 15 is 0 Å². The molecule has 0 heterocycles. The number of ether oxygens (including phenoxy) is 1. The van der Waals surface area contributed by atoms with Crippen molar-refractivity contribution in [3.05, 3.63) is 46.6 Å². The lowest BCUT2D eigenvalue weighted by Gasteiger charge is -2.13. The number of benzene rings is 2. The number of rotatable bonds is 4. The van der Waals surface area contributed by atoms with Gasteiger partial charge in [-0.3, -0.25) is 0 Å². The van der Waals surface area contributed by atoms with Crippen LogP contribution in [0.25, 0.3) is 0 Å². The fourth-order valence-electron chi connectivity index (χ4n) is 1.87. The summed E-state index contributed by atoms with van der Waals surface area (Å²) in [6, 6.07) is 9.57. The van der Waals surface area contributed by atoms with Gasteiger partial charge in [-0.1, -0.05) is 0 Å². The standard InChI is InChI=1S/C15H14I3NO2/c1-8(19)4-9-5-12(17)15(13(18)6-9)21-10-2-3-14(20)11(16)7-10/h2-3,5-8,20H,4,19H2,1H3/t8-/m1/s1. The molecule has 0 aliphatic heterocycles. The molecule has 0 saturated heterocycles. The third-order valence-electron chi connectivity index (χ3n) is 2.75. The number of nitrogens with two attached hydrogens (primary N) is 1. The topological polar surface area (TPSA) is 55.5 Å². The van der Waals surface area contributed by atoms with Gasteiger partial charge in [0.1, 0.15) is 11.5 Å². The van der Waals surface area contributed by atoms with Gasteiger partial charge in [-0.2, -0.15) is 0 Å². The van der Waals surface area contributed by atoms with Crippen molar-refractivity contribution in [3.63, 3.8) is 0 Å². The molecule has 3 nitrogen and oxygen atoms in total. The van der Waals surface area contributed by atoms with E-state index in [9.17, 15) is 5.11 Å². The van der Waals surface area contributed by atoms with Gasteiger partial charge in [0.15, 0.2) is 5.75 Å². The molecule has 21 heavy (non-hydrogen) atoms. The smallest absolute Gasteiger partial charge is 0.154 e. The highest BCUT2D eigenvalue weighted by Crippen LogP contribution is 2.34. The van der Waals surface area contributed by atoms with Crippen LogP contribution in [0.3, 0.4) is 0 Å². The lowest BCUT2D eigenvalue weighted by molar-refractivity contribution is 0.458. The van der Waals surface area contributed by atoms with E-state index in [1.165, 1.54) is 5.56 Å². The molecule has 0 aromatic heterocycles. The van der Waals surface area contributed by atoms with Crippen LogP contribution < -0.4 is 10.5 Å². The van der Waals surface area contributed by atoms with Crippen LogP contribution >= 0.6 is 67.8 Å². The Labute approximate surface area is 165 Å². The molecular weight excluding hydrogens is 607 g/mol. The first-order chi connectivity index (χ1) is 9.86. The molecule has 0 amide bonds. The van der Waals surface area contributed by atoms with Gasteiger partial charge in [0.05, 0.1) is 10.7 Å². The zero-order valence-corrected chi connectivity index (χ0v) is 17.7. The molecular formula is C15H14I3NO2. The molecule has 0 unspecified atom stereocenters. The Morgan fingerprint density at radius 2 is 1.71 bits per heavy atom. The lowest BCUT2D eigenvalue weighted by Crippen LogP contribution is -2.17. The molecule has 2 rings (SSSR count). The quantitative estimate of drug-likeness (QED) is 0.479. The molecule has 2 aromatic rings. The van der Waals surface area contributed by atoms with Gasteiger partial charge in [0.2, 0.25) is 0 Å². The van der Waals surface area contributed by atoms with E-state index in [1.54, 1.807) is 12.1 Å². The third kappa shape index (κ3) is 4.83. The Morgan fingerprint density at radius 1 is 1.10 bits per heavy atom. The average molecular weight is 621 g/mol. The predicted octanol–water partition coefficient (Wildman–Crippen LogP) is 4.89. The second-order valence-corrected chi connectivity index (χ2v) is 8.27. The average Bonchev–Trinajstić information content (AvgIpc) is 2.37. The Hall–Kier alpha value is 0.190. The first-order valence-corrected chi connectivity index (χ1v) is 9.50. The van der Waals surface area contributed by atoms with Crippen molar-refractivity contribution >= 4 is 67.8 Å². The first kappa shape index (κ1) is 17.5. The van der Waals surface area contributed by atoms with Crippen molar-refractivity contribution in [2.45, 2.75) is 19.4 Å². The summed E-state index contributed by atoms with van der Waals surface area (Å²) in [7, 11) is 0. The van der Waals surface area contributed by atoms with E-state index < -0.39 is 0 Å². The fraction of sp³-hybridized carbons (Fsp3) is 0.200. The van der Waals surface area contributed by atoms with E-state index in [4.69, 9.17) is 10.5 Å². The first-order valence-electron chi connectivity index (χ1n) is 6.26. The molecule has 2 aromatic carbocycles.